The molecule has 1 aromatic heterocycles. The maximum atomic E-state index is 13.7. The van der Waals surface area contributed by atoms with Gasteiger partial charge in [-0.25, -0.2) is 9.07 Å². The molecule has 0 spiro atoms. The van der Waals surface area contributed by atoms with Crippen LogP contribution in [0.5, 0.6) is 0 Å². The van der Waals surface area contributed by atoms with E-state index in [-0.39, 0.29) is 10.6 Å². The summed E-state index contributed by atoms with van der Waals surface area (Å²) in [5, 5.41) is 4.36. The van der Waals surface area contributed by atoms with Crippen molar-refractivity contribution < 1.29 is 4.39 Å². The first kappa shape index (κ1) is 14.0. The molecule has 4 heteroatoms. The molecule has 21 heavy (non-hydrogen) atoms. The number of benzene rings is 2. The van der Waals surface area contributed by atoms with Crippen LogP contribution in [0.3, 0.4) is 0 Å². The maximum Gasteiger partial charge on any atom is 0.126 e. The molecule has 0 saturated carbocycles. The SMILES string of the molecule is Fc1ccccc1CC(Br)c1cnn(-c2ccccc2)c1. The summed E-state index contributed by atoms with van der Waals surface area (Å²) in [5.41, 5.74) is 2.74. The Morgan fingerprint density at radius 2 is 1.76 bits per heavy atom. The van der Waals surface area contributed by atoms with E-state index in [4.69, 9.17) is 0 Å². The van der Waals surface area contributed by atoms with E-state index in [2.05, 4.69) is 21.0 Å². The Labute approximate surface area is 131 Å². The van der Waals surface area contributed by atoms with Crippen LogP contribution in [0.25, 0.3) is 5.69 Å². The molecule has 0 aliphatic heterocycles. The first-order valence-electron chi connectivity index (χ1n) is 6.71. The Morgan fingerprint density at radius 3 is 2.52 bits per heavy atom. The quantitative estimate of drug-likeness (QED) is 0.627. The van der Waals surface area contributed by atoms with Gasteiger partial charge in [0.15, 0.2) is 0 Å². The fraction of sp³-hybridized carbons (Fsp3) is 0.118. The fourth-order valence-electron chi connectivity index (χ4n) is 2.20. The van der Waals surface area contributed by atoms with Crippen LogP contribution >= 0.6 is 15.9 Å². The van der Waals surface area contributed by atoms with Gasteiger partial charge in [0.1, 0.15) is 5.82 Å². The van der Waals surface area contributed by atoms with Gasteiger partial charge in [-0.05, 0) is 30.2 Å². The smallest absolute Gasteiger partial charge is 0.126 e. The molecule has 1 atom stereocenters. The highest BCUT2D eigenvalue weighted by Crippen LogP contribution is 2.28. The van der Waals surface area contributed by atoms with Gasteiger partial charge in [-0.1, -0.05) is 52.3 Å². The van der Waals surface area contributed by atoms with Crippen molar-refractivity contribution in [1.82, 2.24) is 9.78 Å². The van der Waals surface area contributed by atoms with Gasteiger partial charge in [-0.3, -0.25) is 0 Å². The number of alkyl halides is 1. The van der Waals surface area contributed by atoms with Gasteiger partial charge in [-0.2, -0.15) is 5.10 Å². The van der Waals surface area contributed by atoms with E-state index >= 15 is 0 Å². The molecule has 1 unspecified atom stereocenters. The molecule has 2 nitrogen and oxygen atoms in total. The molecular weight excluding hydrogens is 331 g/mol. The summed E-state index contributed by atoms with van der Waals surface area (Å²) in [6, 6.07) is 16.8. The van der Waals surface area contributed by atoms with Gasteiger partial charge >= 0.3 is 0 Å². The second-order valence-corrected chi connectivity index (χ2v) is 5.92. The molecule has 0 aliphatic carbocycles. The topological polar surface area (TPSA) is 17.8 Å². The number of hydrogen-bond donors (Lipinski definition) is 0. The Bertz CT molecular complexity index is 724. The third-order valence-electron chi connectivity index (χ3n) is 3.34. The Hall–Kier alpha value is -1.94. The third-order valence-corrected chi connectivity index (χ3v) is 4.19. The van der Waals surface area contributed by atoms with Gasteiger partial charge in [0, 0.05) is 16.6 Å². The largest absolute Gasteiger partial charge is 0.241 e. The summed E-state index contributed by atoms with van der Waals surface area (Å²) < 4.78 is 15.5. The first-order valence-corrected chi connectivity index (χ1v) is 7.63. The lowest BCUT2D eigenvalue weighted by atomic mass is 10.1. The lowest BCUT2D eigenvalue weighted by molar-refractivity contribution is 0.608. The van der Waals surface area contributed by atoms with Crippen molar-refractivity contribution >= 4 is 15.9 Å². The molecule has 3 rings (SSSR count). The van der Waals surface area contributed by atoms with Gasteiger partial charge in [0.25, 0.3) is 0 Å². The van der Waals surface area contributed by atoms with Crippen LogP contribution in [-0.2, 0) is 6.42 Å². The second kappa shape index (κ2) is 6.22. The third kappa shape index (κ3) is 3.22. The van der Waals surface area contributed by atoms with E-state index in [1.165, 1.54) is 6.07 Å². The number of aromatic nitrogens is 2. The summed E-state index contributed by atoms with van der Waals surface area (Å²) >= 11 is 3.62. The van der Waals surface area contributed by atoms with Crippen molar-refractivity contribution in [1.29, 1.82) is 0 Å². The minimum absolute atomic E-state index is 0.0341. The van der Waals surface area contributed by atoms with Gasteiger partial charge < -0.3 is 0 Å². The normalized spacial score (nSPS) is 12.3. The highest BCUT2D eigenvalue weighted by Gasteiger charge is 2.13. The minimum Gasteiger partial charge on any atom is -0.241 e. The average Bonchev–Trinajstić information content (AvgIpc) is 3.00. The minimum atomic E-state index is -0.169. The van der Waals surface area contributed by atoms with Crippen LogP contribution in [0.4, 0.5) is 4.39 Å². The Kier molecular flexibility index (Phi) is 4.15. The molecule has 2 aromatic carbocycles. The predicted octanol–water partition coefficient (Wildman–Crippen LogP) is 4.69. The van der Waals surface area contributed by atoms with Crippen LogP contribution in [0.15, 0.2) is 67.0 Å². The molecular formula is C17H14BrFN2. The van der Waals surface area contributed by atoms with E-state index in [1.807, 2.05) is 59.5 Å². The number of para-hydroxylation sites is 1. The lowest BCUT2D eigenvalue weighted by Gasteiger charge is -2.08. The zero-order valence-corrected chi connectivity index (χ0v) is 12.9. The van der Waals surface area contributed by atoms with Crippen molar-refractivity contribution in [2.45, 2.75) is 11.2 Å². The molecule has 0 bridgehead atoms. The van der Waals surface area contributed by atoms with Gasteiger partial charge in [0.05, 0.1) is 11.9 Å². The summed E-state index contributed by atoms with van der Waals surface area (Å²) in [5.74, 6) is -0.169. The standard InChI is InChI=1S/C17H14BrFN2/c18-16(10-13-6-4-5-9-17(13)19)14-11-20-21(12-14)15-7-2-1-3-8-15/h1-9,11-12,16H,10H2. The second-order valence-electron chi connectivity index (χ2n) is 4.82. The highest BCUT2D eigenvalue weighted by atomic mass is 79.9. The van der Waals surface area contributed by atoms with Crippen LogP contribution in [0.1, 0.15) is 16.0 Å². The summed E-state index contributed by atoms with van der Waals surface area (Å²) in [7, 11) is 0. The number of hydrogen-bond acceptors (Lipinski definition) is 1. The molecule has 0 saturated heterocycles. The first-order chi connectivity index (χ1) is 10.2. The molecule has 1 heterocycles. The average molecular weight is 345 g/mol. The van der Waals surface area contributed by atoms with Crippen molar-refractivity contribution in [3.8, 4) is 5.69 Å². The van der Waals surface area contributed by atoms with E-state index in [1.54, 1.807) is 6.07 Å². The number of nitrogens with zero attached hydrogens (tertiary/aromatic N) is 2. The van der Waals surface area contributed by atoms with Crippen LogP contribution < -0.4 is 0 Å². The Morgan fingerprint density at radius 1 is 1.05 bits per heavy atom. The van der Waals surface area contributed by atoms with Crippen molar-refractivity contribution in [3.63, 3.8) is 0 Å². The van der Waals surface area contributed by atoms with Crippen molar-refractivity contribution in [2.75, 3.05) is 0 Å². The van der Waals surface area contributed by atoms with Gasteiger partial charge in [-0.15, -0.1) is 0 Å². The van der Waals surface area contributed by atoms with E-state index in [9.17, 15) is 4.39 Å². The van der Waals surface area contributed by atoms with Crippen molar-refractivity contribution in [3.05, 3.63) is 83.9 Å². The van der Waals surface area contributed by atoms with E-state index in [0.717, 1.165) is 11.3 Å². The Balaban J connectivity index is 1.79. The maximum absolute atomic E-state index is 13.7. The predicted molar refractivity (Wildman–Crippen MR) is 85.3 cm³/mol. The number of rotatable bonds is 4. The molecule has 0 N–H and O–H groups in total. The zero-order valence-electron chi connectivity index (χ0n) is 11.3. The monoisotopic (exact) mass is 344 g/mol. The molecule has 3 aromatic rings. The van der Waals surface area contributed by atoms with Crippen molar-refractivity contribution in [2.24, 2.45) is 0 Å². The molecule has 0 fully saturated rings. The molecule has 0 radical (unpaired) electrons. The molecule has 0 aliphatic rings. The van der Waals surface area contributed by atoms with Gasteiger partial charge in [0.2, 0.25) is 0 Å². The summed E-state index contributed by atoms with van der Waals surface area (Å²) in [6.07, 6.45) is 4.37. The van der Waals surface area contributed by atoms with E-state index < -0.39 is 0 Å². The lowest BCUT2D eigenvalue weighted by Crippen LogP contribution is -1.97. The summed E-state index contributed by atoms with van der Waals surface area (Å²) in [6.45, 7) is 0. The van der Waals surface area contributed by atoms with Crippen LogP contribution in [0.2, 0.25) is 0 Å². The summed E-state index contributed by atoms with van der Waals surface area (Å²) in [4.78, 5) is 0.0341. The zero-order chi connectivity index (χ0) is 14.7. The molecule has 106 valence electrons. The fourth-order valence-corrected chi connectivity index (χ4v) is 2.78. The number of halogens is 2. The molecule has 0 amide bonds. The van der Waals surface area contributed by atoms with E-state index in [0.29, 0.717) is 12.0 Å². The van der Waals surface area contributed by atoms with Crippen LogP contribution in [0, 0.1) is 5.82 Å². The highest BCUT2D eigenvalue weighted by molar-refractivity contribution is 9.09. The van der Waals surface area contributed by atoms with Crippen LogP contribution in [-0.4, -0.2) is 9.78 Å².